The monoisotopic (exact) mass is 208 g/mol. The molecule has 1 aliphatic rings. The normalized spacial score (nSPS) is 20.4. The molecule has 1 atom stereocenters. The highest BCUT2D eigenvalue weighted by atomic mass is 16.5. The maximum atomic E-state index is 11.7. The third-order valence-corrected chi connectivity index (χ3v) is 3.41. The molecule has 0 radical (unpaired) electrons. The van der Waals surface area contributed by atoms with E-state index in [0.717, 1.165) is 24.8 Å². The molecule has 1 saturated carbocycles. The van der Waals surface area contributed by atoms with Crippen molar-refractivity contribution >= 4 is 5.97 Å². The first kappa shape index (κ1) is 10.2. The van der Waals surface area contributed by atoms with E-state index in [2.05, 4.69) is 4.98 Å². The van der Waals surface area contributed by atoms with Gasteiger partial charge in [-0.3, -0.25) is 4.79 Å². The molecule has 1 heterocycles. The minimum absolute atomic E-state index is 0.178. The largest absolute Gasteiger partial charge is 0.469 e. The maximum absolute atomic E-state index is 11.7. The molecular formula is C11H16N2O2. The lowest BCUT2D eigenvalue weighted by Crippen LogP contribution is -2.47. The van der Waals surface area contributed by atoms with Crippen molar-refractivity contribution in [1.82, 2.24) is 4.98 Å². The molecular weight excluding hydrogens is 192 g/mol. The van der Waals surface area contributed by atoms with Crippen LogP contribution in [0, 0.1) is 5.41 Å². The number of H-pyrrole nitrogens is 1. The van der Waals surface area contributed by atoms with Crippen LogP contribution in [0.1, 0.15) is 30.9 Å². The third-order valence-electron chi connectivity index (χ3n) is 3.41. The van der Waals surface area contributed by atoms with E-state index in [0.29, 0.717) is 0 Å². The Morgan fingerprint density at radius 1 is 1.67 bits per heavy atom. The number of methoxy groups -OCH3 is 1. The lowest BCUT2D eigenvalue weighted by molar-refractivity contribution is -0.160. The van der Waals surface area contributed by atoms with E-state index in [4.69, 9.17) is 10.5 Å². The number of hydrogen-bond acceptors (Lipinski definition) is 3. The number of hydrogen-bond donors (Lipinski definition) is 2. The van der Waals surface area contributed by atoms with E-state index in [1.54, 1.807) is 0 Å². The Kier molecular flexibility index (Phi) is 2.52. The van der Waals surface area contributed by atoms with Gasteiger partial charge in [-0.05, 0) is 24.5 Å². The van der Waals surface area contributed by atoms with Crippen LogP contribution in [0.5, 0.6) is 0 Å². The first-order chi connectivity index (χ1) is 7.20. The second kappa shape index (κ2) is 3.70. The van der Waals surface area contributed by atoms with Crippen LogP contribution in [-0.4, -0.2) is 18.1 Å². The summed E-state index contributed by atoms with van der Waals surface area (Å²) in [6.45, 7) is 0. The highest BCUT2D eigenvalue weighted by molar-refractivity contribution is 5.79. The summed E-state index contributed by atoms with van der Waals surface area (Å²) in [6, 6.07) is 1.65. The summed E-state index contributed by atoms with van der Waals surface area (Å²) >= 11 is 0. The van der Waals surface area contributed by atoms with Crippen molar-refractivity contribution in [3.05, 3.63) is 24.0 Å². The first-order valence-electron chi connectivity index (χ1n) is 5.17. The van der Waals surface area contributed by atoms with E-state index in [1.165, 1.54) is 7.11 Å². The average molecular weight is 208 g/mol. The van der Waals surface area contributed by atoms with Crippen molar-refractivity contribution in [2.24, 2.45) is 11.1 Å². The van der Waals surface area contributed by atoms with Crippen molar-refractivity contribution < 1.29 is 9.53 Å². The van der Waals surface area contributed by atoms with Gasteiger partial charge in [-0.1, -0.05) is 6.42 Å². The quantitative estimate of drug-likeness (QED) is 0.737. The number of rotatable bonds is 3. The molecule has 0 aliphatic heterocycles. The fraction of sp³-hybridized carbons (Fsp3) is 0.545. The van der Waals surface area contributed by atoms with E-state index >= 15 is 0 Å². The lowest BCUT2D eigenvalue weighted by Gasteiger charge is -2.43. The SMILES string of the molecule is COC(=O)C1(C(N)c2cc[nH]c2)CCC1. The van der Waals surface area contributed by atoms with Gasteiger partial charge in [0.15, 0.2) is 0 Å². The minimum Gasteiger partial charge on any atom is -0.469 e. The Bertz CT molecular complexity index is 341. The van der Waals surface area contributed by atoms with E-state index < -0.39 is 5.41 Å². The van der Waals surface area contributed by atoms with Gasteiger partial charge in [-0.2, -0.15) is 0 Å². The summed E-state index contributed by atoms with van der Waals surface area (Å²) < 4.78 is 4.85. The highest BCUT2D eigenvalue weighted by Crippen LogP contribution is 2.49. The maximum Gasteiger partial charge on any atom is 0.313 e. The topological polar surface area (TPSA) is 68.1 Å². The molecule has 15 heavy (non-hydrogen) atoms. The second-order valence-electron chi connectivity index (χ2n) is 4.12. The highest BCUT2D eigenvalue weighted by Gasteiger charge is 2.50. The Hall–Kier alpha value is -1.29. The summed E-state index contributed by atoms with van der Waals surface area (Å²) in [6.07, 6.45) is 6.36. The summed E-state index contributed by atoms with van der Waals surface area (Å²) in [5, 5.41) is 0. The number of carbonyl (C=O) groups is 1. The Labute approximate surface area is 88.8 Å². The molecule has 4 nitrogen and oxygen atoms in total. The van der Waals surface area contributed by atoms with Crippen molar-refractivity contribution in [1.29, 1.82) is 0 Å². The summed E-state index contributed by atoms with van der Waals surface area (Å²) in [4.78, 5) is 14.7. The van der Waals surface area contributed by atoms with Crippen LogP contribution in [-0.2, 0) is 9.53 Å². The molecule has 0 aromatic carbocycles. The number of nitrogens with one attached hydrogen (secondary N) is 1. The zero-order valence-electron chi connectivity index (χ0n) is 8.82. The van der Waals surface area contributed by atoms with E-state index in [-0.39, 0.29) is 12.0 Å². The molecule has 1 aliphatic carbocycles. The van der Waals surface area contributed by atoms with Gasteiger partial charge in [0.1, 0.15) is 0 Å². The van der Waals surface area contributed by atoms with E-state index in [1.807, 2.05) is 18.5 Å². The summed E-state index contributed by atoms with van der Waals surface area (Å²) in [5.41, 5.74) is 6.62. The predicted octanol–water partition coefficient (Wildman–Crippen LogP) is 1.36. The molecule has 1 aromatic heterocycles. The van der Waals surface area contributed by atoms with Gasteiger partial charge in [0, 0.05) is 18.4 Å². The van der Waals surface area contributed by atoms with Gasteiger partial charge < -0.3 is 15.5 Å². The summed E-state index contributed by atoms with van der Waals surface area (Å²) in [7, 11) is 1.42. The van der Waals surface area contributed by atoms with Gasteiger partial charge in [0.05, 0.1) is 12.5 Å². The van der Waals surface area contributed by atoms with Crippen molar-refractivity contribution in [3.8, 4) is 0 Å². The fourth-order valence-electron chi connectivity index (χ4n) is 2.25. The van der Waals surface area contributed by atoms with Crippen LogP contribution in [0.2, 0.25) is 0 Å². The molecule has 2 rings (SSSR count). The van der Waals surface area contributed by atoms with Crippen molar-refractivity contribution in [2.75, 3.05) is 7.11 Å². The number of esters is 1. The molecule has 0 bridgehead atoms. The Morgan fingerprint density at radius 3 is 2.80 bits per heavy atom. The van der Waals surface area contributed by atoms with Gasteiger partial charge in [-0.15, -0.1) is 0 Å². The summed E-state index contributed by atoms with van der Waals surface area (Å²) in [5.74, 6) is -0.178. The van der Waals surface area contributed by atoms with Gasteiger partial charge in [-0.25, -0.2) is 0 Å². The fourth-order valence-corrected chi connectivity index (χ4v) is 2.25. The van der Waals surface area contributed by atoms with Gasteiger partial charge in [0.2, 0.25) is 0 Å². The van der Waals surface area contributed by atoms with Crippen LogP contribution < -0.4 is 5.73 Å². The molecule has 0 amide bonds. The predicted molar refractivity (Wildman–Crippen MR) is 56.0 cm³/mol. The molecule has 3 N–H and O–H groups in total. The molecule has 1 fully saturated rings. The number of aromatic amines is 1. The zero-order chi connectivity index (χ0) is 10.9. The molecule has 1 unspecified atom stereocenters. The molecule has 1 aromatic rings. The van der Waals surface area contributed by atoms with Crippen LogP contribution in [0.4, 0.5) is 0 Å². The van der Waals surface area contributed by atoms with Crippen LogP contribution in [0.15, 0.2) is 18.5 Å². The zero-order valence-corrected chi connectivity index (χ0v) is 8.82. The molecule has 82 valence electrons. The number of carbonyl (C=O) groups excluding carboxylic acids is 1. The molecule has 0 spiro atoms. The van der Waals surface area contributed by atoms with Crippen molar-refractivity contribution in [3.63, 3.8) is 0 Å². The standard InChI is InChI=1S/C11H16N2O2/c1-15-10(14)11(4-2-5-11)9(12)8-3-6-13-7-8/h3,6-7,9,13H,2,4-5,12H2,1H3. The van der Waals surface area contributed by atoms with Crippen LogP contribution in [0.3, 0.4) is 0 Å². The second-order valence-corrected chi connectivity index (χ2v) is 4.12. The van der Waals surface area contributed by atoms with E-state index in [9.17, 15) is 4.79 Å². The number of aromatic nitrogens is 1. The van der Waals surface area contributed by atoms with Gasteiger partial charge >= 0.3 is 5.97 Å². The number of nitrogens with two attached hydrogens (primary N) is 1. The number of ether oxygens (including phenoxy) is 1. The van der Waals surface area contributed by atoms with Crippen LogP contribution in [0.25, 0.3) is 0 Å². The van der Waals surface area contributed by atoms with Gasteiger partial charge in [0.25, 0.3) is 0 Å². The Morgan fingerprint density at radius 2 is 2.40 bits per heavy atom. The molecule has 4 heteroatoms. The Balaban J connectivity index is 2.23. The molecule has 0 saturated heterocycles. The average Bonchev–Trinajstić information content (AvgIpc) is 2.68. The smallest absolute Gasteiger partial charge is 0.313 e. The first-order valence-corrected chi connectivity index (χ1v) is 5.17. The minimum atomic E-state index is -0.489. The third kappa shape index (κ3) is 1.45. The van der Waals surface area contributed by atoms with Crippen molar-refractivity contribution in [2.45, 2.75) is 25.3 Å². The lowest BCUT2D eigenvalue weighted by atomic mass is 9.63. The van der Waals surface area contributed by atoms with Crippen LogP contribution >= 0.6 is 0 Å².